The first-order chi connectivity index (χ1) is 8.16. The topological polar surface area (TPSA) is 70.6 Å². The van der Waals surface area contributed by atoms with E-state index in [1.807, 2.05) is 0 Å². The minimum atomic E-state index is -0.122. The third kappa shape index (κ3) is 3.05. The Hall–Kier alpha value is -1.39. The van der Waals surface area contributed by atoms with Crippen LogP contribution in [0.15, 0.2) is 5.10 Å². The summed E-state index contributed by atoms with van der Waals surface area (Å²) in [6, 6.07) is 0.261. The molecule has 2 unspecified atom stereocenters. The van der Waals surface area contributed by atoms with Gasteiger partial charge in [0.05, 0.1) is 0 Å². The average Bonchev–Trinajstić information content (AvgIpc) is 2.33. The maximum absolute atomic E-state index is 11.9. The lowest BCUT2D eigenvalue weighted by Gasteiger charge is -2.29. The van der Waals surface area contributed by atoms with Crippen molar-refractivity contribution >= 4 is 17.5 Å². The minimum absolute atomic E-state index is 0.118. The molecular weight excluding hydrogens is 218 g/mol. The first kappa shape index (κ1) is 12.1. The lowest BCUT2D eigenvalue weighted by molar-refractivity contribution is -0.121. The molecule has 1 aliphatic heterocycles. The molecule has 5 nitrogen and oxygen atoms in total. The van der Waals surface area contributed by atoms with Crippen LogP contribution in [0.4, 0.5) is 0 Å². The second-order valence-corrected chi connectivity index (χ2v) is 4.94. The zero-order chi connectivity index (χ0) is 12.3. The molecule has 1 aliphatic carbocycles. The van der Waals surface area contributed by atoms with Gasteiger partial charge in [-0.1, -0.05) is 19.8 Å². The Kier molecular flexibility index (Phi) is 3.76. The molecular formula is C12H19N3O2. The Labute approximate surface area is 101 Å². The highest BCUT2D eigenvalue weighted by atomic mass is 16.2. The molecule has 1 saturated carbocycles. The Morgan fingerprint density at radius 3 is 2.76 bits per heavy atom. The van der Waals surface area contributed by atoms with Gasteiger partial charge in [-0.25, -0.2) is 5.43 Å². The third-order valence-electron chi connectivity index (χ3n) is 3.59. The quantitative estimate of drug-likeness (QED) is 0.750. The van der Waals surface area contributed by atoms with Gasteiger partial charge in [-0.05, 0) is 18.8 Å². The van der Waals surface area contributed by atoms with Crippen LogP contribution < -0.4 is 10.7 Å². The van der Waals surface area contributed by atoms with Gasteiger partial charge in [-0.15, -0.1) is 0 Å². The van der Waals surface area contributed by atoms with Gasteiger partial charge in [0.15, 0.2) is 0 Å². The van der Waals surface area contributed by atoms with Crippen LogP contribution in [0, 0.1) is 5.92 Å². The van der Waals surface area contributed by atoms with Gasteiger partial charge in [0.2, 0.25) is 5.91 Å². The number of nitrogens with one attached hydrogen (secondary N) is 2. The molecule has 0 spiro atoms. The second-order valence-electron chi connectivity index (χ2n) is 4.94. The molecule has 17 heavy (non-hydrogen) atoms. The normalized spacial score (nSPS) is 29.2. The molecule has 94 valence electrons. The number of hydrogen-bond donors (Lipinski definition) is 2. The van der Waals surface area contributed by atoms with E-state index in [-0.39, 0.29) is 17.9 Å². The molecule has 0 aromatic heterocycles. The number of carbonyl (C=O) groups is 2. The van der Waals surface area contributed by atoms with Crippen molar-refractivity contribution in [1.29, 1.82) is 0 Å². The number of nitrogens with zero attached hydrogens (tertiary/aromatic N) is 1. The first-order valence-corrected chi connectivity index (χ1v) is 6.33. The Balaban J connectivity index is 1.90. The maximum atomic E-state index is 11.9. The van der Waals surface area contributed by atoms with Gasteiger partial charge in [0.1, 0.15) is 5.71 Å². The van der Waals surface area contributed by atoms with E-state index in [4.69, 9.17) is 0 Å². The van der Waals surface area contributed by atoms with Crippen molar-refractivity contribution in [2.45, 2.75) is 51.5 Å². The van der Waals surface area contributed by atoms with Gasteiger partial charge in [-0.3, -0.25) is 9.59 Å². The average molecular weight is 237 g/mol. The third-order valence-corrected chi connectivity index (χ3v) is 3.59. The SMILES string of the molecule is CC1CCCCC1NC(=O)C1=NNC(=O)CC1. The van der Waals surface area contributed by atoms with Crippen molar-refractivity contribution in [2.24, 2.45) is 11.0 Å². The molecule has 2 amide bonds. The number of hydrazone groups is 1. The molecule has 0 aromatic carbocycles. The summed E-state index contributed by atoms with van der Waals surface area (Å²) in [5, 5.41) is 6.84. The summed E-state index contributed by atoms with van der Waals surface area (Å²) in [6.45, 7) is 2.18. The van der Waals surface area contributed by atoms with Crippen molar-refractivity contribution < 1.29 is 9.59 Å². The Morgan fingerprint density at radius 1 is 1.35 bits per heavy atom. The standard InChI is InChI=1S/C12H19N3O2/c1-8-4-2-3-5-9(8)13-12(17)10-6-7-11(16)15-14-10/h8-9H,2-7H2,1H3,(H,13,17)(H,15,16). The number of rotatable bonds is 2. The summed E-state index contributed by atoms with van der Waals surface area (Å²) in [6.07, 6.45) is 5.45. The predicted octanol–water partition coefficient (Wildman–Crippen LogP) is 0.947. The van der Waals surface area contributed by atoms with E-state index < -0.39 is 0 Å². The van der Waals surface area contributed by atoms with E-state index in [0.717, 1.165) is 6.42 Å². The highest BCUT2D eigenvalue weighted by molar-refractivity contribution is 6.39. The van der Waals surface area contributed by atoms with Crippen molar-refractivity contribution in [3.05, 3.63) is 0 Å². The van der Waals surface area contributed by atoms with Crippen LogP contribution in [0.3, 0.4) is 0 Å². The fourth-order valence-electron chi connectivity index (χ4n) is 2.42. The smallest absolute Gasteiger partial charge is 0.267 e. The van der Waals surface area contributed by atoms with E-state index in [0.29, 0.717) is 24.5 Å². The molecule has 5 heteroatoms. The Bertz CT molecular complexity index is 352. The van der Waals surface area contributed by atoms with E-state index in [9.17, 15) is 9.59 Å². The number of carbonyl (C=O) groups excluding carboxylic acids is 2. The molecule has 2 N–H and O–H groups in total. The van der Waals surface area contributed by atoms with Crippen LogP contribution in [0.5, 0.6) is 0 Å². The van der Waals surface area contributed by atoms with E-state index in [2.05, 4.69) is 22.8 Å². The Morgan fingerprint density at radius 2 is 2.12 bits per heavy atom. The summed E-state index contributed by atoms with van der Waals surface area (Å²) in [5.41, 5.74) is 2.80. The summed E-state index contributed by atoms with van der Waals surface area (Å²) < 4.78 is 0. The first-order valence-electron chi connectivity index (χ1n) is 6.33. The largest absolute Gasteiger partial charge is 0.348 e. The van der Waals surface area contributed by atoms with Gasteiger partial charge in [-0.2, -0.15) is 5.10 Å². The predicted molar refractivity (Wildman–Crippen MR) is 64.4 cm³/mol. The van der Waals surface area contributed by atoms with Crippen molar-refractivity contribution in [3.63, 3.8) is 0 Å². The van der Waals surface area contributed by atoms with Crippen LogP contribution in [0.2, 0.25) is 0 Å². The zero-order valence-electron chi connectivity index (χ0n) is 10.2. The maximum Gasteiger partial charge on any atom is 0.267 e. The lowest BCUT2D eigenvalue weighted by Crippen LogP contribution is -2.45. The van der Waals surface area contributed by atoms with Gasteiger partial charge < -0.3 is 5.32 Å². The summed E-state index contributed by atoms with van der Waals surface area (Å²) >= 11 is 0. The van der Waals surface area contributed by atoms with Crippen LogP contribution in [0.25, 0.3) is 0 Å². The molecule has 2 rings (SSSR count). The summed E-state index contributed by atoms with van der Waals surface area (Å²) in [5.74, 6) is 0.294. The van der Waals surface area contributed by atoms with Gasteiger partial charge in [0, 0.05) is 18.9 Å². The van der Waals surface area contributed by atoms with Gasteiger partial charge >= 0.3 is 0 Å². The number of amides is 2. The highest BCUT2D eigenvalue weighted by Gasteiger charge is 2.25. The van der Waals surface area contributed by atoms with E-state index >= 15 is 0 Å². The second kappa shape index (κ2) is 5.29. The molecule has 0 radical (unpaired) electrons. The van der Waals surface area contributed by atoms with Crippen molar-refractivity contribution in [2.75, 3.05) is 0 Å². The molecule has 0 aromatic rings. The fourth-order valence-corrected chi connectivity index (χ4v) is 2.42. The van der Waals surface area contributed by atoms with Gasteiger partial charge in [0.25, 0.3) is 5.91 Å². The fraction of sp³-hybridized carbons (Fsp3) is 0.750. The van der Waals surface area contributed by atoms with Crippen LogP contribution in [-0.2, 0) is 9.59 Å². The molecule has 1 heterocycles. The van der Waals surface area contributed by atoms with Crippen LogP contribution in [0.1, 0.15) is 45.4 Å². The van der Waals surface area contributed by atoms with Crippen LogP contribution in [-0.4, -0.2) is 23.6 Å². The summed E-state index contributed by atoms with van der Waals surface area (Å²) in [7, 11) is 0. The summed E-state index contributed by atoms with van der Waals surface area (Å²) in [4.78, 5) is 22.8. The number of hydrogen-bond acceptors (Lipinski definition) is 3. The zero-order valence-corrected chi connectivity index (χ0v) is 10.2. The van der Waals surface area contributed by atoms with E-state index in [1.54, 1.807) is 0 Å². The molecule has 1 fully saturated rings. The molecule has 0 bridgehead atoms. The monoisotopic (exact) mass is 237 g/mol. The highest BCUT2D eigenvalue weighted by Crippen LogP contribution is 2.23. The lowest BCUT2D eigenvalue weighted by atomic mass is 9.86. The molecule has 0 saturated heterocycles. The van der Waals surface area contributed by atoms with E-state index in [1.165, 1.54) is 19.3 Å². The van der Waals surface area contributed by atoms with Crippen molar-refractivity contribution in [1.82, 2.24) is 10.7 Å². The molecule has 2 aliphatic rings. The molecule has 2 atom stereocenters. The van der Waals surface area contributed by atoms with Crippen LogP contribution >= 0.6 is 0 Å². The minimum Gasteiger partial charge on any atom is -0.348 e. The van der Waals surface area contributed by atoms with Crippen molar-refractivity contribution in [3.8, 4) is 0 Å².